The van der Waals surface area contributed by atoms with Crippen molar-refractivity contribution in [1.29, 1.82) is 0 Å². The van der Waals surface area contributed by atoms with Crippen molar-refractivity contribution in [2.75, 3.05) is 13.2 Å². The van der Waals surface area contributed by atoms with Crippen molar-refractivity contribution in [3.8, 4) is 11.5 Å². The zero-order valence-corrected chi connectivity index (χ0v) is 13.9. The minimum absolute atomic E-state index is 0.0441. The van der Waals surface area contributed by atoms with Gasteiger partial charge in [-0.2, -0.15) is 4.72 Å². The summed E-state index contributed by atoms with van der Waals surface area (Å²) < 4.78 is 38.0. The monoisotopic (exact) mass is 343 g/mol. The van der Waals surface area contributed by atoms with Crippen LogP contribution in [0.4, 0.5) is 0 Å². The first kappa shape index (κ1) is 17.6. The van der Waals surface area contributed by atoms with Crippen molar-refractivity contribution in [1.82, 2.24) is 4.72 Å². The average Bonchev–Trinajstić information content (AvgIpc) is 2.70. The Kier molecular flexibility index (Phi) is 5.48. The van der Waals surface area contributed by atoms with Gasteiger partial charge in [0.15, 0.2) is 11.5 Å². The first-order valence-electron chi connectivity index (χ1n) is 7.44. The smallest absolute Gasteiger partial charge is 0.321 e. The number of carbonyl (C=O) groups is 1. The minimum Gasteiger partial charge on any atom is -0.490 e. The van der Waals surface area contributed by atoms with Crippen LogP contribution in [-0.4, -0.2) is 38.7 Å². The lowest BCUT2D eigenvalue weighted by Crippen LogP contribution is -2.41. The molecule has 8 heteroatoms. The summed E-state index contributed by atoms with van der Waals surface area (Å²) in [7, 11) is -3.96. The van der Waals surface area contributed by atoms with Gasteiger partial charge in [0.05, 0.1) is 18.1 Å². The van der Waals surface area contributed by atoms with Crippen LogP contribution < -0.4 is 14.2 Å². The van der Waals surface area contributed by atoms with Crippen molar-refractivity contribution in [3.63, 3.8) is 0 Å². The number of hydrogen-bond acceptors (Lipinski definition) is 5. The quantitative estimate of drug-likeness (QED) is 0.814. The Balaban J connectivity index is 2.25. The largest absolute Gasteiger partial charge is 0.490 e. The molecule has 7 nitrogen and oxygen atoms in total. The van der Waals surface area contributed by atoms with E-state index in [1.165, 1.54) is 18.2 Å². The van der Waals surface area contributed by atoms with Gasteiger partial charge in [-0.05, 0) is 24.5 Å². The van der Waals surface area contributed by atoms with Crippen LogP contribution in [-0.2, 0) is 14.8 Å². The van der Waals surface area contributed by atoms with Crippen molar-refractivity contribution < 1.29 is 27.8 Å². The summed E-state index contributed by atoms with van der Waals surface area (Å²) in [4.78, 5) is 11.2. The lowest BCUT2D eigenvalue weighted by Gasteiger charge is -2.17. The molecule has 1 aromatic carbocycles. The molecular formula is C15H21NO6S. The summed E-state index contributed by atoms with van der Waals surface area (Å²) in [6.45, 7) is 4.61. The molecule has 1 aliphatic heterocycles. The van der Waals surface area contributed by atoms with Crippen LogP contribution in [0.1, 0.15) is 26.7 Å². The number of hydrogen-bond donors (Lipinski definition) is 2. The molecule has 1 heterocycles. The van der Waals surface area contributed by atoms with E-state index in [1.54, 1.807) is 0 Å². The Bertz CT molecular complexity index is 671. The number of carboxylic acid groups (broad SMARTS) is 1. The molecule has 0 aromatic heterocycles. The van der Waals surface area contributed by atoms with Crippen LogP contribution in [0.15, 0.2) is 23.1 Å². The summed E-state index contributed by atoms with van der Waals surface area (Å²) in [6.07, 6.45) is 0.920. The van der Waals surface area contributed by atoms with E-state index in [0.717, 1.165) is 0 Å². The van der Waals surface area contributed by atoms with E-state index in [2.05, 4.69) is 4.72 Å². The van der Waals surface area contributed by atoms with Crippen molar-refractivity contribution in [2.45, 2.75) is 37.6 Å². The zero-order chi connectivity index (χ0) is 17.0. The second-order valence-corrected chi connectivity index (χ2v) is 7.51. The van der Waals surface area contributed by atoms with Crippen LogP contribution >= 0.6 is 0 Å². The van der Waals surface area contributed by atoms with Crippen molar-refractivity contribution >= 4 is 16.0 Å². The molecule has 23 heavy (non-hydrogen) atoms. The van der Waals surface area contributed by atoms with E-state index >= 15 is 0 Å². The third-order valence-corrected chi connectivity index (χ3v) is 4.80. The Hall–Kier alpha value is -1.80. The number of fused-ring (bicyclic) bond motifs is 1. The van der Waals surface area contributed by atoms with Crippen LogP contribution in [0.5, 0.6) is 11.5 Å². The summed E-state index contributed by atoms with van der Waals surface area (Å²) in [5.74, 6) is -0.321. The van der Waals surface area contributed by atoms with E-state index in [9.17, 15) is 18.3 Å². The minimum atomic E-state index is -3.96. The maximum absolute atomic E-state index is 12.4. The zero-order valence-electron chi connectivity index (χ0n) is 13.1. The van der Waals surface area contributed by atoms with E-state index in [-0.39, 0.29) is 17.2 Å². The number of rotatable bonds is 6. The molecule has 0 radical (unpaired) electrons. The van der Waals surface area contributed by atoms with Gasteiger partial charge in [0.1, 0.15) is 6.04 Å². The molecule has 128 valence electrons. The Morgan fingerprint density at radius 1 is 1.26 bits per heavy atom. The summed E-state index contributed by atoms with van der Waals surface area (Å²) >= 11 is 0. The number of ether oxygens (including phenoxy) is 2. The number of nitrogens with one attached hydrogen (secondary N) is 1. The standard InChI is InChI=1S/C15H21NO6S/c1-10(2)8-12(15(17)18)16-23(19,20)11-4-5-13-14(9-11)22-7-3-6-21-13/h4-5,9-10,12,16H,3,6-8H2,1-2H3,(H,17,18). The summed E-state index contributed by atoms with van der Waals surface area (Å²) in [6, 6.07) is 3.09. The Morgan fingerprint density at radius 3 is 2.52 bits per heavy atom. The molecule has 2 N–H and O–H groups in total. The molecule has 1 atom stereocenters. The molecule has 0 aliphatic carbocycles. The predicted octanol–water partition coefficient (Wildman–Crippen LogP) is 1.63. The normalized spacial score (nSPS) is 16.0. The van der Waals surface area contributed by atoms with E-state index < -0.39 is 22.0 Å². The van der Waals surface area contributed by atoms with Gasteiger partial charge in [0, 0.05) is 12.5 Å². The van der Waals surface area contributed by atoms with E-state index in [1.807, 2.05) is 13.8 Å². The highest BCUT2D eigenvalue weighted by Crippen LogP contribution is 2.32. The molecule has 0 amide bonds. The molecule has 0 bridgehead atoms. The molecule has 1 aliphatic rings. The van der Waals surface area contributed by atoms with Crippen LogP contribution in [0, 0.1) is 5.92 Å². The first-order valence-corrected chi connectivity index (χ1v) is 8.92. The Labute approximate surface area is 135 Å². The summed E-state index contributed by atoms with van der Waals surface area (Å²) in [5.41, 5.74) is 0. The van der Waals surface area contributed by atoms with E-state index in [0.29, 0.717) is 31.1 Å². The lowest BCUT2D eigenvalue weighted by atomic mass is 10.1. The number of benzene rings is 1. The van der Waals surface area contributed by atoms with Gasteiger partial charge in [-0.25, -0.2) is 8.42 Å². The summed E-state index contributed by atoms with van der Waals surface area (Å²) in [5, 5.41) is 9.19. The molecule has 2 rings (SSSR count). The predicted molar refractivity (Wildman–Crippen MR) is 83.2 cm³/mol. The molecule has 1 unspecified atom stereocenters. The average molecular weight is 343 g/mol. The third kappa shape index (κ3) is 4.59. The van der Waals surface area contributed by atoms with Gasteiger partial charge in [-0.15, -0.1) is 0 Å². The molecule has 0 saturated carbocycles. The number of carboxylic acids is 1. The highest BCUT2D eigenvalue weighted by atomic mass is 32.2. The van der Waals surface area contributed by atoms with Gasteiger partial charge in [0.25, 0.3) is 0 Å². The maximum Gasteiger partial charge on any atom is 0.321 e. The van der Waals surface area contributed by atoms with Gasteiger partial charge < -0.3 is 14.6 Å². The van der Waals surface area contributed by atoms with Gasteiger partial charge >= 0.3 is 5.97 Å². The fourth-order valence-corrected chi connectivity index (χ4v) is 3.45. The molecule has 0 fully saturated rings. The maximum atomic E-state index is 12.4. The second kappa shape index (κ2) is 7.18. The number of sulfonamides is 1. The molecule has 0 spiro atoms. The van der Waals surface area contributed by atoms with Crippen molar-refractivity contribution in [3.05, 3.63) is 18.2 Å². The van der Waals surface area contributed by atoms with E-state index in [4.69, 9.17) is 9.47 Å². The molecule has 1 aromatic rings. The van der Waals surface area contributed by atoms with Gasteiger partial charge in [0.2, 0.25) is 10.0 Å². The van der Waals surface area contributed by atoms with Crippen LogP contribution in [0.3, 0.4) is 0 Å². The lowest BCUT2D eigenvalue weighted by molar-refractivity contribution is -0.139. The first-order chi connectivity index (χ1) is 10.8. The Morgan fingerprint density at radius 2 is 1.91 bits per heavy atom. The molecule has 0 saturated heterocycles. The van der Waals surface area contributed by atoms with Gasteiger partial charge in [-0.3, -0.25) is 4.79 Å². The highest BCUT2D eigenvalue weighted by Gasteiger charge is 2.27. The van der Waals surface area contributed by atoms with Gasteiger partial charge in [-0.1, -0.05) is 13.8 Å². The second-order valence-electron chi connectivity index (χ2n) is 5.80. The fourth-order valence-electron chi connectivity index (χ4n) is 2.24. The SMILES string of the molecule is CC(C)CC(NS(=O)(=O)c1ccc2c(c1)OCCCO2)C(=O)O. The number of aliphatic carboxylic acids is 1. The third-order valence-electron chi connectivity index (χ3n) is 3.33. The van der Waals surface area contributed by atoms with Crippen LogP contribution in [0.25, 0.3) is 0 Å². The molecular weight excluding hydrogens is 322 g/mol. The highest BCUT2D eigenvalue weighted by molar-refractivity contribution is 7.89. The van der Waals surface area contributed by atoms with Crippen LogP contribution in [0.2, 0.25) is 0 Å². The fraction of sp³-hybridized carbons (Fsp3) is 0.533. The van der Waals surface area contributed by atoms with Crippen molar-refractivity contribution in [2.24, 2.45) is 5.92 Å². The topological polar surface area (TPSA) is 102 Å².